The van der Waals surface area contributed by atoms with Crippen LogP contribution in [-0.2, 0) is 0 Å². The van der Waals surface area contributed by atoms with Crippen LogP contribution in [0, 0.1) is 12.7 Å². The molecule has 0 unspecified atom stereocenters. The van der Waals surface area contributed by atoms with Gasteiger partial charge in [-0.15, -0.1) is 11.3 Å². The Kier molecular flexibility index (Phi) is 3.90. The van der Waals surface area contributed by atoms with Crippen LogP contribution >= 0.6 is 22.9 Å². The molecule has 0 radical (unpaired) electrons. The maximum Gasteiger partial charge on any atom is 0.188 e. The van der Waals surface area contributed by atoms with Crippen LogP contribution in [-0.4, -0.2) is 4.98 Å². The second-order valence-electron chi connectivity index (χ2n) is 4.54. The fourth-order valence-electron chi connectivity index (χ4n) is 2.00. The fourth-order valence-corrected chi connectivity index (χ4v) is 2.98. The molecule has 1 N–H and O–H groups in total. The monoisotopic (exact) mass is 318 g/mol. The van der Waals surface area contributed by atoms with Gasteiger partial charge in [0.1, 0.15) is 5.82 Å². The smallest absolute Gasteiger partial charge is 0.188 e. The van der Waals surface area contributed by atoms with E-state index in [9.17, 15) is 4.39 Å². The lowest BCUT2D eigenvalue weighted by molar-refractivity contribution is 0.632. The molecule has 0 saturated carbocycles. The van der Waals surface area contributed by atoms with Crippen LogP contribution < -0.4 is 5.32 Å². The Hall–Kier alpha value is -1.91. The van der Waals surface area contributed by atoms with Crippen LogP contribution in [0.2, 0.25) is 5.02 Å². The van der Waals surface area contributed by atoms with Crippen LogP contribution in [0.1, 0.15) is 4.88 Å². The summed E-state index contributed by atoms with van der Waals surface area (Å²) in [5.41, 5.74) is 2.30. The summed E-state index contributed by atoms with van der Waals surface area (Å²) in [4.78, 5) is 5.61. The fraction of sp³-hybridized carbons (Fsp3) is 0.0625. The molecule has 0 amide bonds. The molecular weight excluding hydrogens is 307 g/mol. The molecule has 0 fully saturated rings. The number of halogens is 2. The minimum atomic E-state index is -0.293. The van der Waals surface area contributed by atoms with E-state index in [1.54, 1.807) is 18.2 Å². The molecule has 0 bridgehead atoms. The first-order valence-corrected chi connectivity index (χ1v) is 7.58. The number of aryl methyl sites for hydroxylation is 1. The summed E-state index contributed by atoms with van der Waals surface area (Å²) < 4.78 is 13.6. The molecule has 2 nitrogen and oxygen atoms in total. The molecule has 0 atom stereocenters. The van der Waals surface area contributed by atoms with E-state index in [2.05, 4.69) is 10.3 Å². The van der Waals surface area contributed by atoms with Crippen molar-refractivity contribution in [1.82, 2.24) is 4.98 Å². The number of anilines is 2. The topological polar surface area (TPSA) is 24.9 Å². The van der Waals surface area contributed by atoms with Crippen molar-refractivity contribution in [2.45, 2.75) is 6.92 Å². The van der Waals surface area contributed by atoms with E-state index in [4.69, 9.17) is 11.6 Å². The average Bonchev–Trinajstić information content (AvgIpc) is 2.83. The molecule has 0 saturated heterocycles. The van der Waals surface area contributed by atoms with E-state index in [-0.39, 0.29) is 5.82 Å². The number of thiazole rings is 1. The number of benzene rings is 2. The molecule has 21 heavy (non-hydrogen) atoms. The Labute approximate surface area is 131 Å². The first-order chi connectivity index (χ1) is 10.1. The predicted octanol–water partition coefficient (Wildman–Crippen LogP) is 5.65. The molecule has 3 rings (SSSR count). The Bertz CT molecular complexity index is 768. The van der Waals surface area contributed by atoms with Gasteiger partial charge < -0.3 is 5.32 Å². The van der Waals surface area contributed by atoms with E-state index in [1.807, 2.05) is 31.2 Å². The second kappa shape index (κ2) is 5.84. The van der Waals surface area contributed by atoms with Crippen molar-refractivity contribution in [2.24, 2.45) is 0 Å². The third kappa shape index (κ3) is 3.06. The molecule has 1 heterocycles. The largest absolute Gasteiger partial charge is 0.329 e. The van der Waals surface area contributed by atoms with Crippen LogP contribution in [0.3, 0.4) is 0 Å². The minimum Gasteiger partial charge on any atom is -0.329 e. The molecule has 0 spiro atoms. The van der Waals surface area contributed by atoms with Gasteiger partial charge in [0.15, 0.2) is 5.13 Å². The van der Waals surface area contributed by atoms with Crippen molar-refractivity contribution in [1.29, 1.82) is 0 Å². The van der Waals surface area contributed by atoms with Gasteiger partial charge in [0, 0.05) is 15.5 Å². The number of nitrogens with zero attached hydrogens (tertiary/aromatic N) is 1. The first kappa shape index (κ1) is 14.0. The summed E-state index contributed by atoms with van der Waals surface area (Å²) in [5, 5.41) is 4.38. The van der Waals surface area contributed by atoms with E-state index in [1.165, 1.54) is 17.4 Å². The summed E-state index contributed by atoms with van der Waals surface area (Å²) in [5.74, 6) is -0.293. The Morgan fingerprint density at radius 1 is 1.10 bits per heavy atom. The van der Waals surface area contributed by atoms with Crippen molar-refractivity contribution in [3.05, 3.63) is 64.2 Å². The van der Waals surface area contributed by atoms with Gasteiger partial charge in [0.25, 0.3) is 0 Å². The van der Waals surface area contributed by atoms with Gasteiger partial charge in [-0.25, -0.2) is 9.37 Å². The van der Waals surface area contributed by atoms with Crippen LogP contribution in [0.5, 0.6) is 0 Å². The predicted molar refractivity (Wildman–Crippen MR) is 87.0 cm³/mol. The number of para-hydroxylation sites is 1. The second-order valence-corrected chi connectivity index (χ2v) is 6.18. The zero-order valence-electron chi connectivity index (χ0n) is 11.2. The molecule has 3 aromatic rings. The highest BCUT2D eigenvalue weighted by Crippen LogP contribution is 2.32. The molecule has 2 aromatic carbocycles. The molecule has 5 heteroatoms. The summed E-state index contributed by atoms with van der Waals surface area (Å²) in [6.07, 6.45) is 0. The lowest BCUT2D eigenvalue weighted by Crippen LogP contribution is -1.92. The maximum absolute atomic E-state index is 13.6. The molecule has 0 aliphatic rings. The van der Waals surface area contributed by atoms with Gasteiger partial charge in [0.05, 0.1) is 11.4 Å². The minimum absolute atomic E-state index is 0.293. The highest BCUT2D eigenvalue weighted by atomic mass is 35.5. The van der Waals surface area contributed by atoms with Gasteiger partial charge >= 0.3 is 0 Å². The Balaban J connectivity index is 1.91. The van der Waals surface area contributed by atoms with Gasteiger partial charge in [-0.3, -0.25) is 0 Å². The first-order valence-electron chi connectivity index (χ1n) is 6.38. The third-order valence-corrected chi connectivity index (χ3v) is 4.17. The lowest BCUT2D eigenvalue weighted by Gasteiger charge is -2.03. The maximum atomic E-state index is 13.6. The molecule has 1 aromatic heterocycles. The van der Waals surface area contributed by atoms with Gasteiger partial charge in [-0.05, 0) is 31.2 Å². The van der Waals surface area contributed by atoms with Gasteiger partial charge in [0.2, 0.25) is 0 Å². The van der Waals surface area contributed by atoms with Crippen molar-refractivity contribution in [3.63, 3.8) is 0 Å². The van der Waals surface area contributed by atoms with E-state index in [0.29, 0.717) is 15.8 Å². The lowest BCUT2D eigenvalue weighted by atomic mass is 10.1. The molecule has 0 aliphatic heterocycles. The quantitative estimate of drug-likeness (QED) is 0.674. The van der Waals surface area contributed by atoms with Gasteiger partial charge in [-0.2, -0.15) is 0 Å². The van der Waals surface area contributed by atoms with Crippen LogP contribution in [0.15, 0.2) is 48.5 Å². The summed E-state index contributed by atoms with van der Waals surface area (Å²) in [6, 6.07) is 14.1. The molecule has 106 valence electrons. The van der Waals surface area contributed by atoms with Gasteiger partial charge in [-0.1, -0.05) is 35.9 Å². The molecular formula is C16H12ClFN2S. The van der Waals surface area contributed by atoms with Crippen molar-refractivity contribution in [2.75, 3.05) is 5.32 Å². The van der Waals surface area contributed by atoms with Crippen LogP contribution in [0.25, 0.3) is 11.3 Å². The standard InChI is InChI=1S/C16H12ClFN2S/c1-10-15(11-6-8-12(17)9-7-11)20-16(21-10)19-14-5-3-2-4-13(14)18/h2-9H,1H3,(H,19,20). The molecule has 0 aliphatic carbocycles. The Morgan fingerprint density at radius 2 is 1.81 bits per heavy atom. The zero-order chi connectivity index (χ0) is 14.8. The number of nitrogens with one attached hydrogen (secondary N) is 1. The zero-order valence-corrected chi connectivity index (χ0v) is 12.8. The van der Waals surface area contributed by atoms with Crippen molar-refractivity contribution in [3.8, 4) is 11.3 Å². The number of hydrogen-bond donors (Lipinski definition) is 1. The average molecular weight is 319 g/mol. The van der Waals surface area contributed by atoms with E-state index < -0.39 is 0 Å². The highest BCUT2D eigenvalue weighted by molar-refractivity contribution is 7.16. The highest BCUT2D eigenvalue weighted by Gasteiger charge is 2.11. The number of hydrogen-bond acceptors (Lipinski definition) is 3. The third-order valence-electron chi connectivity index (χ3n) is 3.03. The van der Waals surface area contributed by atoms with Crippen molar-refractivity contribution >= 4 is 33.8 Å². The number of rotatable bonds is 3. The number of aromatic nitrogens is 1. The van der Waals surface area contributed by atoms with E-state index in [0.717, 1.165) is 16.1 Å². The van der Waals surface area contributed by atoms with Crippen molar-refractivity contribution < 1.29 is 4.39 Å². The van der Waals surface area contributed by atoms with Crippen LogP contribution in [0.4, 0.5) is 15.2 Å². The normalized spacial score (nSPS) is 10.6. The summed E-state index contributed by atoms with van der Waals surface area (Å²) in [7, 11) is 0. The Morgan fingerprint density at radius 3 is 2.52 bits per heavy atom. The summed E-state index contributed by atoms with van der Waals surface area (Å²) in [6.45, 7) is 1.99. The SMILES string of the molecule is Cc1sc(Nc2ccccc2F)nc1-c1ccc(Cl)cc1. The van der Waals surface area contributed by atoms with E-state index >= 15 is 0 Å². The summed E-state index contributed by atoms with van der Waals surface area (Å²) >= 11 is 7.39.